The smallest absolute Gasteiger partial charge is 0.287 e. The highest BCUT2D eigenvalue weighted by molar-refractivity contribution is 5.94. The number of rotatable bonds is 7. The van der Waals surface area contributed by atoms with Crippen molar-refractivity contribution in [3.05, 3.63) is 54.0 Å². The summed E-state index contributed by atoms with van der Waals surface area (Å²) in [7, 11) is 1.61. The van der Waals surface area contributed by atoms with Gasteiger partial charge in [0.25, 0.3) is 5.91 Å². The van der Waals surface area contributed by atoms with Gasteiger partial charge in [0, 0.05) is 6.54 Å². The lowest BCUT2D eigenvalue weighted by Gasteiger charge is -2.07. The van der Waals surface area contributed by atoms with Crippen LogP contribution in [0.5, 0.6) is 5.75 Å². The molecule has 2 rings (SSSR count). The highest BCUT2D eigenvalue weighted by Gasteiger charge is 2.09. The summed E-state index contributed by atoms with van der Waals surface area (Å²) in [6.45, 7) is 0.403. The van der Waals surface area contributed by atoms with Crippen molar-refractivity contribution in [3.8, 4) is 5.75 Å². The van der Waals surface area contributed by atoms with Crippen LogP contribution in [0.25, 0.3) is 0 Å². The third-order valence-corrected chi connectivity index (χ3v) is 3.02. The van der Waals surface area contributed by atoms with Crippen LogP contribution >= 0.6 is 0 Å². The lowest BCUT2D eigenvalue weighted by Crippen LogP contribution is -2.37. The molecule has 0 saturated heterocycles. The van der Waals surface area contributed by atoms with E-state index >= 15 is 0 Å². The van der Waals surface area contributed by atoms with Crippen molar-refractivity contribution < 1.29 is 18.7 Å². The molecule has 0 saturated carbocycles. The molecule has 0 aliphatic carbocycles. The minimum atomic E-state index is -0.409. The van der Waals surface area contributed by atoms with Gasteiger partial charge in [-0.1, -0.05) is 12.1 Å². The normalized spacial score (nSPS) is 10.0. The van der Waals surface area contributed by atoms with Gasteiger partial charge in [-0.25, -0.2) is 0 Å². The number of hydrogen-bond donors (Lipinski definition) is 2. The molecule has 0 aliphatic heterocycles. The van der Waals surface area contributed by atoms with Crippen molar-refractivity contribution in [2.24, 2.45) is 0 Å². The van der Waals surface area contributed by atoms with E-state index in [4.69, 9.17) is 9.15 Å². The molecule has 0 radical (unpaired) electrons. The highest BCUT2D eigenvalue weighted by atomic mass is 16.5. The predicted molar refractivity (Wildman–Crippen MR) is 80.7 cm³/mol. The average Bonchev–Trinajstić information content (AvgIpc) is 3.07. The Balaban J connectivity index is 1.68. The van der Waals surface area contributed by atoms with Crippen molar-refractivity contribution in [2.75, 3.05) is 20.2 Å². The van der Waals surface area contributed by atoms with E-state index in [1.807, 2.05) is 24.3 Å². The van der Waals surface area contributed by atoms with Gasteiger partial charge in [0.05, 0.1) is 19.9 Å². The van der Waals surface area contributed by atoms with Gasteiger partial charge in [-0.15, -0.1) is 0 Å². The number of nitrogens with one attached hydrogen (secondary N) is 2. The van der Waals surface area contributed by atoms with Crippen molar-refractivity contribution in [3.63, 3.8) is 0 Å². The molecule has 0 atom stereocenters. The maximum absolute atomic E-state index is 11.6. The Morgan fingerprint density at radius 3 is 2.77 bits per heavy atom. The highest BCUT2D eigenvalue weighted by Crippen LogP contribution is 2.12. The van der Waals surface area contributed by atoms with E-state index in [9.17, 15) is 9.59 Å². The number of carbonyl (C=O) groups excluding carboxylic acids is 2. The number of amides is 2. The van der Waals surface area contributed by atoms with Gasteiger partial charge in [0.1, 0.15) is 5.75 Å². The lowest BCUT2D eigenvalue weighted by atomic mass is 10.1. The Kier molecular flexibility index (Phi) is 5.59. The second-order valence-electron chi connectivity index (χ2n) is 4.61. The zero-order chi connectivity index (χ0) is 15.8. The summed E-state index contributed by atoms with van der Waals surface area (Å²) < 4.78 is 10.1. The minimum absolute atomic E-state index is 0.0857. The molecule has 6 nitrogen and oxygen atoms in total. The van der Waals surface area contributed by atoms with Crippen LogP contribution in [0.15, 0.2) is 47.1 Å². The Bertz CT molecular complexity index is 623. The molecule has 2 amide bonds. The third-order valence-electron chi connectivity index (χ3n) is 3.02. The lowest BCUT2D eigenvalue weighted by molar-refractivity contribution is -0.120. The van der Waals surface area contributed by atoms with Gasteiger partial charge in [0.15, 0.2) is 5.76 Å². The molecule has 1 aromatic carbocycles. The summed E-state index contributed by atoms with van der Waals surface area (Å²) in [5.41, 5.74) is 1.07. The summed E-state index contributed by atoms with van der Waals surface area (Å²) >= 11 is 0. The van der Waals surface area contributed by atoms with E-state index in [1.165, 1.54) is 12.3 Å². The molecule has 116 valence electrons. The van der Waals surface area contributed by atoms with Gasteiger partial charge < -0.3 is 19.8 Å². The van der Waals surface area contributed by atoms with E-state index in [0.717, 1.165) is 11.3 Å². The molecular formula is C16H18N2O4. The Morgan fingerprint density at radius 1 is 1.18 bits per heavy atom. The molecule has 2 N–H and O–H groups in total. The van der Waals surface area contributed by atoms with Gasteiger partial charge in [-0.2, -0.15) is 0 Å². The van der Waals surface area contributed by atoms with Crippen LogP contribution in [-0.2, 0) is 11.2 Å². The van der Waals surface area contributed by atoms with Crippen molar-refractivity contribution >= 4 is 11.8 Å². The fraction of sp³-hybridized carbons (Fsp3) is 0.250. The van der Waals surface area contributed by atoms with Crippen molar-refractivity contribution in [2.45, 2.75) is 6.42 Å². The summed E-state index contributed by atoms with van der Waals surface area (Å²) in [6, 6.07) is 10.8. The number of methoxy groups -OCH3 is 1. The Hall–Kier alpha value is -2.76. The Labute approximate surface area is 128 Å². The van der Waals surface area contributed by atoms with Crippen LogP contribution in [0.4, 0.5) is 0 Å². The fourth-order valence-corrected chi connectivity index (χ4v) is 1.89. The molecule has 0 spiro atoms. The van der Waals surface area contributed by atoms with Gasteiger partial charge >= 0.3 is 0 Å². The molecule has 1 heterocycles. The first-order valence-electron chi connectivity index (χ1n) is 6.90. The molecule has 0 bridgehead atoms. The Morgan fingerprint density at radius 2 is 2.05 bits per heavy atom. The fourth-order valence-electron chi connectivity index (χ4n) is 1.89. The summed E-state index contributed by atoms with van der Waals surface area (Å²) in [5, 5.41) is 5.23. The standard InChI is InChI=1S/C16H18N2O4/c1-21-13-5-2-4-12(10-13)7-8-17-15(19)11-18-16(20)14-6-3-9-22-14/h2-6,9-10H,7-8,11H2,1H3,(H,17,19)(H,18,20). The second kappa shape index (κ2) is 7.87. The number of furan rings is 1. The molecule has 2 aromatic rings. The maximum atomic E-state index is 11.6. The van der Waals surface area contributed by atoms with Crippen LogP contribution in [0.1, 0.15) is 16.1 Å². The summed E-state index contributed by atoms with van der Waals surface area (Å²) in [6.07, 6.45) is 2.10. The minimum Gasteiger partial charge on any atom is -0.497 e. The first kappa shape index (κ1) is 15.6. The molecule has 6 heteroatoms. The summed E-state index contributed by atoms with van der Waals surface area (Å²) in [5.74, 6) is 0.314. The quantitative estimate of drug-likeness (QED) is 0.809. The average molecular weight is 302 g/mol. The zero-order valence-corrected chi connectivity index (χ0v) is 12.3. The van der Waals surface area contributed by atoms with Crippen molar-refractivity contribution in [1.82, 2.24) is 10.6 Å². The first-order valence-corrected chi connectivity index (χ1v) is 6.90. The number of hydrogen-bond acceptors (Lipinski definition) is 4. The largest absolute Gasteiger partial charge is 0.497 e. The van der Waals surface area contributed by atoms with Crippen LogP contribution in [0, 0.1) is 0 Å². The van der Waals surface area contributed by atoms with Crippen LogP contribution < -0.4 is 15.4 Å². The molecule has 1 aromatic heterocycles. The summed E-state index contributed by atoms with van der Waals surface area (Å²) in [4.78, 5) is 23.2. The zero-order valence-electron chi connectivity index (χ0n) is 12.3. The van der Waals surface area contributed by atoms with E-state index in [-0.39, 0.29) is 18.2 Å². The monoisotopic (exact) mass is 302 g/mol. The molecule has 22 heavy (non-hydrogen) atoms. The first-order chi connectivity index (χ1) is 10.7. The van der Waals surface area contributed by atoms with Gasteiger partial charge in [-0.3, -0.25) is 9.59 Å². The van der Waals surface area contributed by atoms with Gasteiger partial charge in [0.2, 0.25) is 5.91 Å². The van der Waals surface area contributed by atoms with Crippen LogP contribution in [0.3, 0.4) is 0 Å². The molecule has 0 unspecified atom stereocenters. The van der Waals surface area contributed by atoms with Crippen LogP contribution in [-0.4, -0.2) is 32.0 Å². The van der Waals surface area contributed by atoms with Crippen LogP contribution in [0.2, 0.25) is 0 Å². The molecule has 0 fully saturated rings. The number of benzene rings is 1. The third kappa shape index (κ3) is 4.66. The predicted octanol–water partition coefficient (Wildman–Crippen LogP) is 1.38. The van der Waals surface area contributed by atoms with Gasteiger partial charge in [-0.05, 0) is 36.2 Å². The van der Waals surface area contributed by atoms with E-state index in [2.05, 4.69) is 10.6 Å². The number of carbonyl (C=O) groups is 2. The topological polar surface area (TPSA) is 80.6 Å². The van der Waals surface area contributed by atoms with E-state index < -0.39 is 5.91 Å². The SMILES string of the molecule is COc1cccc(CCNC(=O)CNC(=O)c2ccco2)c1. The maximum Gasteiger partial charge on any atom is 0.287 e. The van der Waals surface area contributed by atoms with E-state index in [0.29, 0.717) is 13.0 Å². The van der Waals surface area contributed by atoms with E-state index in [1.54, 1.807) is 13.2 Å². The second-order valence-corrected chi connectivity index (χ2v) is 4.61. The molecule has 0 aliphatic rings. The van der Waals surface area contributed by atoms with Crippen molar-refractivity contribution in [1.29, 1.82) is 0 Å². The molecular weight excluding hydrogens is 284 g/mol. The number of ether oxygens (including phenoxy) is 1.